The van der Waals surface area contributed by atoms with Crippen LogP contribution in [0.3, 0.4) is 0 Å². The van der Waals surface area contributed by atoms with Gasteiger partial charge in [0.05, 0.1) is 5.02 Å². The molecule has 1 saturated heterocycles. The number of aryl methyl sites for hydroxylation is 1. The van der Waals surface area contributed by atoms with Gasteiger partial charge in [0, 0.05) is 32.9 Å². The summed E-state index contributed by atoms with van der Waals surface area (Å²) >= 11 is 5.87. The molecule has 1 aliphatic rings. The minimum Gasteiger partial charge on any atom is -0.345 e. The van der Waals surface area contributed by atoms with Gasteiger partial charge in [-0.3, -0.25) is 4.79 Å². The van der Waals surface area contributed by atoms with E-state index < -0.39 is 0 Å². The molecule has 0 radical (unpaired) electrons. The summed E-state index contributed by atoms with van der Waals surface area (Å²) in [6.45, 7) is 1.86. The SMILES string of the molecule is CN(C(=O)c1cc(Cl)cn1C)C1CCNC1.Cl. The number of nitrogens with one attached hydrogen (secondary N) is 1. The van der Waals surface area contributed by atoms with Crippen molar-refractivity contribution < 1.29 is 4.79 Å². The van der Waals surface area contributed by atoms with Crippen molar-refractivity contribution in [2.75, 3.05) is 20.1 Å². The first-order valence-corrected chi connectivity index (χ1v) is 5.77. The highest BCUT2D eigenvalue weighted by molar-refractivity contribution is 6.31. The number of hydrogen-bond donors (Lipinski definition) is 1. The molecule has 1 amide bonds. The van der Waals surface area contributed by atoms with Crippen LogP contribution in [0.2, 0.25) is 5.02 Å². The van der Waals surface area contributed by atoms with Crippen molar-refractivity contribution >= 4 is 29.9 Å². The Balaban J connectivity index is 0.00000144. The van der Waals surface area contributed by atoms with Gasteiger partial charge in [0.25, 0.3) is 5.91 Å². The number of carbonyl (C=O) groups is 1. The first kappa shape index (κ1) is 14.4. The number of amides is 1. The molecule has 4 nitrogen and oxygen atoms in total. The van der Waals surface area contributed by atoms with Gasteiger partial charge in [0.1, 0.15) is 5.69 Å². The number of carbonyl (C=O) groups excluding carboxylic acids is 1. The molecule has 1 N–H and O–H groups in total. The van der Waals surface area contributed by atoms with E-state index in [-0.39, 0.29) is 18.3 Å². The molecule has 2 heterocycles. The molecule has 2 rings (SSSR count). The van der Waals surface area contributed by atoms with Gasteiger partial charge < -0.3 is 14.8 Å². The minimum atomic E-state index is 0. The maximum Gasteiger partial charge on any atom is 0.270 e. The molecule has 0 bridgehead atoms. The van der Waals surface area contributed by atoms with Gasteiger partial charge >= 0.3 is 0 Å². The zero-order valence-corrected chi connectivity index (χ0v) is 11.5. The second-order valence-corrected chi connectivity index (χ2v) is 4.65. The number of aromatic nitrogens is 1. The molecule has 1 fully saturated rings. The van der Waals surface area contributed by atoms with Crippen LogP contribution in [0.15, 0.2) is 12.3 Å². The summed E-state index contributed by atoms with van der Waals surface area (Å²) in [4.78, 5) is 14.0. The maximum absolute atomic E-state index is 12.2. The lowest BCUT2D eigenvalue weighted by Crippen LogP contribution is -2.39. The molecule has 1 aromatic rings. The summed E-state index contributed by atoms with van der Waals surface area (Å²) in [5, 5.41) is 3.85. The quantitative estimate of drug-likeness (QED) is 0.891. The second kappa shape index (κ2) is 5.76. The number of rotatable bonds is 2. The van der Waals surface area contributed by atoms with E-state index >= 15 is 0 Å². The van der Waals surface area contributed by atoms with Gasteiger partial charge in [-0.25, -0.2) is 0 Å². The number of hydrogen-bond acceptors (Lipinski definition) is 2. The molecule has 17 heavy (non-hydrogen) atoms. The zero-order chi connectivity index (χ0) is 11.7. The first-order chi connectivity index (χ1) is 7.59. The summed E-state index contributed by atoms with van der Waals surface area (Å²) in [5.74, 6) is 0.0306. The molecule has 1 aromatic heterocycles. The Kier molecular flexibility index (Phi) is 4.86. The van der Waals surface area contributed by atoms with Crippen LogP contribution in [0, 0.1) is 0 Å². The van der Waals surface area contributed by atoms with E-state index in [4.69, 9.17) is 11.6 Å². The summed E-state index contributed by atoms with van der Waals surface area (Å²) in [6.07, 6.45) is 2.76. The Morgan fingerprint density at radius 1 is 1.65 bits per heavy atom. The summed E-state index contributed by atoms with van der Waals surface area (Å²) in [5.41, 5.74) is 0.638. The van der Waals surface area contributed by atoms with E-state index in [2.05, 4.69) is 5.32 Å². The Bertz CT molecular complexity index is 399. The van der Waals surface area contributed by atoms with Crippen molar-refractivity contribution in [2.45, 2.75) is 12.5 Å². The molecule has 0 saturated carbocycles. The third-order valence-electron chi connectivity index (χ3n) is 3.09. The van der Waals surface area contributed by atoms with Crippen LogP contribution in [0.4, 0.5) is 0 Å². The van der Waals surface area contributed by atoms with E-state index in [0.717, 1.165) is 19.5 Å². The molecule has 0 aromatic carbocycles. The summed E-state index contributed by atoms with van der Waals surface area (Å²) in [6, 6.07) is 2.00. The fourth-order valence-corrected chi connectivity index (χ4v) is 2.30. The largest absolute Gasteiger partial charge is 0.345 e. The molecular weight excluding hydrogens is 261 g/mol. The fraction of sp³-hybridized carbons (Fsp3) is 0.545. The van der Waals surface area contributed by atoms with Gasteiger partial charge in [0.15, 0.2) is 0 Å². The van der Waals surface area contributed by atoms with Gasteiger partial charge in [-0.2, -0.15) is 0 Å². The molecule has 6 heteroatoms. The summed E-state index contributed by atoms with van der Waals surface area (Å²) < 4.78 is 1.77. The lowest BCUT2D eigenvalue weighted by Gasteiger charge is -2.23. The Morgan fingerprint density at radius 2 is 2.35 bits per heavy atom. The predicted octanol–water partition coefficient (Wildman–Crippen LogP) is 1.53. The van der Waals surface area contributed by atoms with E-state index in [1.807, 2.05) is 14.1 Å². The van der Waals surface area contributed by atoms with Crippen molar-refractivity contribution in [2.24, 2.45) is 7.05 Å². The highest BCUT2D eigenvalue weighted by Gasteiger charge is 2.25. The monoisotopic (exact) mass is 277 g/mol. The molecule has 0 spiro atoms. The van der Waals surface area contributed by atoms with Crippen LogP contribution < -0.4 is 5.32 Å². The maximum atomic E-state index is 12.2. The number of likely N-dealkylation sites (N-methyl/N-ethyl adjacent to an activating group) is 1. The molecular formula is C11H17Cl2N3O. The molecule has 1 aliphatic heterocycles. The Labute approximate surface area is 112 Å². The van der Waals surface area contributed by atoms with Crippen molar-refractivity contribution in [1.29, 1.82) is 0 Å². The summed E-state index contributed by atoms with van der Waals surface area (Å²) in [7, 11) is 3.68. The van der Waals surface area contributed by atoms with E-state index in [0.29, 0.717) is 16.8 Å². The van der Waals surface area contributed by atoms with Crippen LogP contribution in [0.1, 0.15) is 16.9 Å². The van der Waals surface area contributed by atoms with Crippen molar-refractivity contribution in [3.63, 3.8) is 0 Å². The molecule has 1 atom stereocenters. The van der Waals surface area contributed by atoms with Crippen molar-refractivity contribution in [3.05, 3.63) is 23.0 Å². The Hall–Kier alpha value is -0.710. The fourth-order valence-electron chi connectivity index (χ4n) is 2.05. The average molecular weight is 278 g/mol. The van der Waals surface area contributed by atoms with Crippen LogP contribution in [0.5, 0.6) is 0 Å². The molecule has 1 unspecified atom stereocenters. The normalized spacial score (nSPS) is 18.9. The average Bonchev–Trinajstić information content (AvgIpc) is 2.85. The smallest absolute Gasteiger partial charge is 0.270 e. The van der Waals surface area contributed by atoms with Crippen LogP contribution >= 0.6 is 24.0 Å². The predicted molar refractivity (Wildman–Crippen MR) is 71.0 cm³/mol. The third-order valence-corrected chi connectivity index (χ3v) is 3.30. The first-order valence-electron chi connectivity index (χ1n) is 5.39. The molecule has 0 aliphatic carbocycles. The highest BCUT2D eigenvalue weighted by Crippen LogP contribution is 2.16. The van der Waals surface area contributed by atoms with Gasteiger partial charge in [-0.1, -0.05) is 11.6 Å². The number of nitrogens with zero attached hydrogens (tertiary/aromatic N) is 2. The highest BCUT2D eigenvalue weighted by atomic mass is 35.5. The lowest BCUT2D eigenvalue weighted by atomic mass is 10.2. The standard InChI is InChI=1S/C11H16ClN3O.ClH/c1-14-7-8(12)5-10(14)11(16)15(2)9-3-4-13-6-9;/h5,7,9,13H,3-4,6H2,1-2H3;1H. The Morgan fingerprint density at radius 3 is 2.82 bits per heavy atom. The second-order valence-electron chi connectivity index (χ2n) is 4.22. The molecule has 96 valence electrons. The van der Waals surface area contributed by atoms with Crippen LogP contribution in [-0.2, 0) is 7.05 Å². The van der Waals surface area contributed by atoms with Crippen molar-refractivity contribution in [3.8, 4) is 0 Å². The number of halogens is 2. The van der Waals surface area contributed by atoms with E-state index in [1.165, 1.54) is 0 Å². The third kappa shape index (κ3) is 2.94. The van der Waals surface area contributed by atoms with Gasteiger partial charge in [-0.15, -0.1) is 12.4 Å². The lowest BCUT2D eigenvalue weighted by molar-refractivity contribution is 0.0734. The van der Waals surface area contributed by atoms with Gasteiger partial charge in [0.2, 0.25) is 0 Å². The van der Waals surface area contributed by atoms with Crippen LogP contribution in [-0.4, -0.2) is 41.6 Å². The van der Waals surface area contributed by atoms with E-state index in [1.54, 1.807) is 21.7 Å². The van der Waals surface area contributed by atoms with Crippen LogP contribution in [0.25, 0.3) is 0 Å². The van der Waals surface area contributed by atoms with Crippen molar-refractivity contribution in [1.82, 2.24) is 14.8 Å². The topological polar surface area (TPSA) is 37.3 Å². The minimum absolute atomic E-state index is 0. The zero-order valence-electron chi connectivity index (χ0n) is 9.94. The van der Waals surface area contributed by atoms with E-state index in [9.17, 15) is 4.79 Å². The van der Waals surface area contributed by atoms with Gasteiger partial charge in [-0.05, 0) is 19.0 Å².